The van der Waals surface area contributed by atoms with E-state index in [-0.39, 0.29) is 5.60 Å². The summed E-state index contributed by atoms with van der Waals surface area (Å²) in [5, 5.41) is 3.76. The zero-order chi connectivity index (χ0) is 14.0. The van der Waals surface area contributed by atoms with Crippen molar-refractivity contribution >= 4 is 0 Å². The molecule has 3 aliphatic rings. The molecule has 3 rings (SSSR count). The van der Waals surface area contributed by atoms with Gasteiger partial charge in [-0.3, -0.25) is 4.90 Å². The number of piperidine rings is 1. The largest absolute Gasteiger partial charge is 0.375 e. The highest BCUT2D eigenvalue weighted by Crippen LogP contribution is 2.35. The van der Waals surface area contributed by atoms with Gasteiger partial charge in [0.15, 0.2) is 0 Å². The van der Waals surface area contributed by atoms with Crippen LogP contribution in [0.3, 0.4) is 0 Å². The van der Waals surface area contributed by atoms with Gasteiger partial charge in [-0.15, -0.1) is 0 Å². The van der Waals surface area contributed by atoms with E-state index in [4.69, 9.17) is 4.74 Å². The highest BCUT2D eigenvalue weighted by atomic mass is 16.5. The standard InChI is InChI=1S/C17H32N2O/c1-3-17(2)13-14(9-12-20-17)19-11-5-4-8-16(19)15-7-6-10-18-15/h14-16,18H,3-13H2,1-2H3. The SMILES string of the molecule is CCC1(C)CC(N2CCCCC2C2CCCN2)CCO1. The molecule has 0 spiro atoms. The van der Waals surface area contributed by atoms with Crippen molar-refractivity contribution in [3.05, 3.63) is 0 Å². The van der Waals surface area contributed by atoms with Gasteiger partial charge in [0, 0.05) is 24.7 Å². The first-order valence-electron chi connectivity index (χ1n) is 8.85. The maximum atomic E-state index is 6.05. The summed E-state index contributed by atoms with van der Waals surface area (Å²) < 4.78 is 6.05. The van der Waals surface area contributed by atoms with E-state index in [1.54, 1.807) is 0 Å². The minimum absolute atomic E-state index is 0.119. The number of hydrogen-bond donors (Lipinski definition) is 1. The highest BCUT2D eigenvalue weighted by molar-refractivity contribution is 4.96. The fraction of sp³-hybridized carbons (Fsp3) is 1.00. The Morgan fingerprint density at radius 1 is 1.20 bits per heavy atom. The van der Waals surface area contributed by atoms with E-state index < -0.39 is 0 Å². The van der Waals surface area contributed by atoms with Crippen LogP contribution in [0.25, 0.3) is 0 Å². The molecule has 1 N–H and O–H groups in total. The number of nitrogens with zero attached hydrogens (tertiary/aromatic N) is 1. The van der Waals surface area contributed by atoms with Crippen molar-refractivity contribution in [2.45, 2.75) is 88.9 Å². The molecule has 3 heterocycles. The summed E-state index contributed by atoms with van der Waals surface area (Å²) in [6, 6.07) is 2.29. The van der Waals surface area contributed by atoms with E-state index in [9.17, 15) is 0 Å². The number of likely N-dealkylation sites (tertiary alicyclic amines) is 1. The summed E-state index contributed by atoms with van der Waals surface area (Å²) in [6.45, 7) is 8.08. The predicted octanol–water partition coefficient (Wildman–Crippen LogP) is 2.94. The van der Waals surface area contributed by atoms with Gasteiger partial charge in [0.1, 0.15) is 0 Å². The van der Waals surface area contributed by atoms with Crippen molar-refractivity contribution in [2.24, 2.45) is 0 Å². The van der Waals surface area contributed by atoms with E-state index in [1.807, 2.05) is 0 Å². The van der Waals surface area contributed by atoms with E-state index in [1.165, 1.54) is 58.0 Å². The lowest BCUT2D eigenvalue weighted by Crippen LogP contribution is -2.57. The van der Waals surface area contributed by atoms with Crippen LogP contribution in [0.2, 0.25) is 0 Å². The smallest absolute Gasteiger partial charge is 0.0666 e. The lowest BCUT2D eigenvalue weighted by Gasteiger charge is -2.48. The molecule has 3 fully saturated rings. The second-order valence-electron chi connectivity index (χ2n) is 7.30. The number of ether oxygens (including phenoxy) is 1. The normalized spacial score (nSPS) is 43.8. The average molecular weight is 280 g/mol. The Morgan fingerprint density at radius 2 is 2.10 bits per heavy atom. The Morgan fingerprint density at radius 3 is 2.85 bits per heavy atom. The molecule has 116 valence electrons. The predicted molar refractivity (Wildman–Crippen MR) is 83.0 cm³/mol. The molecule has 0 saturated carbocycles. The molecule has 0 amide bonds. The van der Waals surface area contributed by atoms with E-state index in [0.717, 1.165) is 31.2 Å². The van der Waals surface area contributed by atoms with Gasteiger partial charge in [0.25, 0.3) is 0 Å². The molecule has 3 nitrogen and oxygen atoms in total. The van der Waals surface area contributed by atoms with Crippen LogP contribution in [0.4, 0.5) is 0 Å². The highest BCUT2D eigenvalue weighted by Gasteiger charge is 2.40. The first-order chi connectivity index (χ1) is 9.72. The lowest BCUT2D eigenvalue weighted by molar-refractivity contribution is -0.107. The second-order valence-corrected chi connectivity index (χ2v) is 7.30. The van der Waals surface area contributed by atoms with Gasteiger partial charge >= 0.3 is 0 Å². The van der Waals surface area contributed by atoms with E-state index in [0.29, 0.717) is 0 Å². The van der Waals surface area contributed by atoms with Crippen molar-refractivity contribution in [1.82, 2.24) is 10.2 Å². The fourth-order valence-corrected chi connectivity index (χ4v) is 4.54. The number of nitrogens with one attached hydrogen (secondary N) is 1. The van der Waals surface area contributed by atoms with Crippen molar-refractivity contribution in [1.29, 1.82) is 0 Å². The van der Waals surface area contributed by atoms with Crippen molar-refractivity contribution < 1.29 is 4.74 Å². The molecule has 3 heteroatoms. The first kappa shape index (κ1) is 14.8. The Bertz CT molecular complexity index is 316. The van der Waals surface area contributed by atoms with Crippen molar-refractivity contribution in [3.8, 4) is 0 Å². The summed E-state index contributed by atoms with van der Waals surface area (Å²) in [6.07, 6.45) is 10.6. The van der Waals surface area contributed by atoms with Gasteiger partial charge in [-0.25, -0.2) is 0 Å². The van der Waals surface area contributed by atoms with Gasteiger partial charge in [0.05, 0.1) is 5.60 Å². The molecule has 4 atom stereocenters. The monoisotopic (exact) mass is 280 g/mol. The summed E-state index contributed by atoms with van der Waals surface area (Å²) in [7, 11) is 0. The third-order valence-corrected chi connectivity index (χ3v) is 5.94. The topological polar surface area (TPSA) is 24.5 Å². The number of rotatable bonds is 3. The molecule has 3 saturated heterocycles. The van der Waals surface area contributed by atoms with Crippen LogP contribution in [0.15, 0.2) is 0 Å². The molecular weight excluding hydrogens is 248 g/mol. The van der Waals surface area contributed by atoms with Crippen LogP contribution in [0.1, 0.15) is 65.2 Å². The maximum absolute atomic E-state index is 6.05. The third kappa shape index (κ3) is 3.05. The molecule has 0 aliphatic carbocycles. The minimum atomic E-state index is 0.119. The van der Waals surface area contributed by atoms with Crippen LogP contribution in [0, 0.1) is 0 Å². The lowest BCUT2D eigenvalue weighted by atomic mass is 9.85. The molecule has 0 aromatic carbocycles. The maximum Gasteiger partial charge on any atom is 0.0666 e. The summed E-state index contributed by atoms with van der Waals surface area (Å²) in [4.78, 5) is 2.86. The molecule has 0 radical (unpaired) electrons. The molecule has 3 aliphatic heterocycles. The van der Waals surface area contributed by atoms with Gasteiger partial charge in [-0.1, -0.05) is 13.3 Å². The molecular formula is C17H32N2O. The fourth-order valence-electron chi connectivity index (χ4n) is 4.54. The van der Waals surface area contributed by atoms with Crippen LogP contribution >= 0.6 is 0 Å². The van der Waals surface area contributed by atoms with Gasteiger partial charge in [0.2, 0.25) is 0 Å². The zero-order valence-corrected chi connectivity index (χ0v) is 13.4. The van der Waals surface area contributed by atoms with E-state index in [2.05, 4.69) is 24.1 Å². The quantitative estimate of drug-likeness (QED) is 0.860. The van der Waals surface area contributed by atoms with Crippen LogP contribution in [0.5, 0.6) is 0 Å². The van der Waals surface area contributed by atoms with Crippen molar-refractivity contribution in [2.75, 3.05) is 19.7 Å². The van der Waals surface area contributed by atoms with Crippen LogP contribution in [-0.2, 0) is 4.74 Å². The average Bonchev–Trinajstić information content (AvgIpc) is 3.01. The zero-order valence-electron chi connectivity index (χ0n) is 13.4. The van der Waals surface area contributed by atoms with Gasteiger partial charge in [-0.05, 0) is 65.0 Å². The summed E-state index contributed by atoms with van der Waals surface area (Å²) in [5.74, 6) is 0. The minimum Gasteiger partial charge on any atom is -0.375 e. The second kappa shape index (κ2) is 6.33. The van der Waals surface area contributed by atoms with Crippen LogP contribution in [-0.4, -0.2) is 48.3 Å². The van der Waals surface area contributed by atoms with Gasteiger partial charge in [-0.2, -0.15) is 0 Å². The van der Waals surface area contributed by atoms with Gasteiger partial charge < -0.3 is 10.1 Å². The summed E-state index contributed by atoms with van der Waals surface area (Å²) >= 11 is 0. The first-order valence-corrected chi connectivity index (χ1v) is 8.85. The Kier molecular flexibility index (Phi) is 4.68. The molecule has 0 aromatic heterocycles. The van der Waals surface area contributed by atoms with Crippen molar-refractivity contribution in [3.63, 3.8) is 0 Å². The molecule has 4 unspecified atom stereocenters. The molecule has 20 heavy (non-hydrogen) atoms. The van der Waals surface area contributed by atoms with Crippen LogP contribution < -0.4 is 5.32 Å². The Balaban J connectivity index is 1.69. The molecule has 0 bridgehead atoms. The number of hydrogen-bond acceptors (Lipinski definition) is 3. The third-order valence-electron chi connectivity index (χ3n) is 5.94. The summed E-state index contributed by atoms with van der Waals surface area (Å²) in [5.41, 5.74) is 0.119. The Labute approximate surface area is 124 Å². The van der Waals surface area contributed by atoms with E-state index >= 15 is 0 Å². The Hall–Kier alpha value is -0.120. The molecule has 0 aromatic rings.